The predicted molar refractivity (Wildman–Crippen MR) is 120 cm³/mol. The normalized spacial score (nSPS) is 15.1. The standard InChI is InChI=1S/C27H28O3/c1-3-5-16-21-24-18-30-26(20-14-10-7-11-15-20)23(24)17-22(19-12-8-6-9-13-19)25(21)27(28)29-4-2/h6-15,17,26H,3-5,16,18H2,1-2H3. The van der Waals surface area contributed by atoms with Crippen molar-refractivity contribution in [2.24, 2.45) is 0 Å². The number of hydrogen-bond acceptors (Lipinski definition) is 3. The minimum atomic E-state index is -0.242. The zero-order valence-electron chi connectivity index (χ0n) is 17.7. The molecule has 0 saturated heterocycles. The molecule has 4 rings (SSSR count). The van der Waals surface area contributed by atoms with Crippen LogP contribution < -0.4 is 0 Å². The fraction of sp³-hybridized carbons (Fsp3) is 0.296. The number of hydrogen-bond donors (Lipinski definition) is 0. The van der Waals surface area contributed by atoms with Crippen molar-refractivity contribution in [3.8, 4) is 11.1 Å². The van der Waals surface area contributed by atoms with Gasteiger partial charge in [-0.1, -0.05) is 74.0 Å². The van der Waals surface area contributed by atoms with Crippen LogP contribution in [0.15, 0.2) is 66.7 Å². The summed E-state index contributed by atoms with van der Waals surface area (Å²) in [6, 6.07) is 22.6. The Morgan fingerprint density at radius 1 is 1.03 bits per heavy atom. The molecule has 3 heteroatoms. The van der Waals surface area contributed by atoms with Gasteiger partial charge in [-0.25, -0.2) is 4.79 Å². The van der Waals surface area contributed by atoms with Crippen LogP contribution in [0, 0.1) is 0 Å². The van der Waals surface area contributed by atoms with E-state index in [0.29, 0.717) is 18.8 Å². The highest BCUT2D eigenvalue weighted by atomic mass is 16.5. The summed E-state index contributed by atoms with van der Waals surface area (Å²) in [7, 11) is 0. The lowest BCUT2D eigenvalue weighted by molar-refractivity contribution is 0.0525. The van der Waals surface area contributed by atoms with Gasteiger partial charge in [0.2, 0.25) is 0 Å². The summed E-state index contributed by atoms with van der Waals surface area (Å²) in [4.78, 5) is 13.1. The fourth-order valence-corrected chi connectivity index (χ4v) is 4.28. The third-order valence-corrected chi connectivity index (χ3v) is 5.71. The first-order valence-electron chi connectivity index (χ1n) is 10.8. The molecule has 1 unspecified atom stereocenters. The maximum absolute atomic E-state index is 13.1. The van der Waals surface area contributed by atoms with Gasteiger partial charge in [0, 0.05) is 0 Å². The Bertz CT molecular complexity index is 1010. The lowest BCUT2D eigenvalue weighted by atomic mass is 9.85. The van der Waals surface area contributed by atoms with E-state index in [1.54, 1.807) is 0 Å². The zero-order valence-corrected chi connectivity index (χ0v) is 17.7. The molecule has 0 bridgehead atoms. The van der Waals surface area contributed by atoms with Gasteiger partial charge in [0.1, 0.15) is 6.10 Å². The second-order valence-electron chi connectivity index (χ2n) is 7.64. The maximum atomic E-state index is 13.1. The van der Waals surface area contributed by atoms with Crippen LogP contribution in [0.2, 0.25) is 0 Å². The Kier molecular flexibility index (Phi) is 6.29. The molecule has 1 aliphatic heterocycles. The fourth-order valence-electron chi connectivity index (χ4n) is 4.28. The van der Waals surface area contributed by atoms with E-state index >= 15 is 0 Å². The number of fused-ring (bicyclic) bond motifs is 1. The van der Waals surface area contributed by atoms with Crippen molar-refractivity contribution in [1.29, 1.82) is 0 Å². The second kappa shape index (κ2) is 9.27. The molecule has 0 saturated carbocycles. The Labute approximate surface area is 178 Å². The summed E-state index contributed by atoms with van der Waals surface area (Å²) in [6.07, 6.45) is 2.82. The van der Waals surface area contributed by atoms with Gasteiger partial charge in [0.25, 0.3) is 0 Å². The molecule has 3 aromatic carbocycles. The van der Waals surface area contributed by atoms with Crippen LogP contribution in [-0.2, 0) is 22.5 Å². The minimum absolute atomic E-state index is 0.111. The van der Waals surface area contributed by atoms with Crippen molar-refractivity contribution in [3.63, 3.8) is 0 Å². The van der Waals surface area contributed by atoms with Crippen molar-refractivity contribution in [2.45, 2.75) is 45.8 Å². The van der Waals surface area contributed by atoms with E-state index in [4.69, 9.17) is 9.47 Å². The molecule has 0 N–H and O–H groups in total. The molecular formula is C27H28O3. The first kappa shape index (κ1) is 20.4. The average molecular weight is 401 g/mol. The van der Waals surface area contributed by atoms with Gasteiger partial charge < -0.3 is 9.47 Å². The van der Waals surface area contributed by atoms with E-state index in [9.17, 15) is 4.79 Å². The lowest BCUT2D eigenvalue weighted by Gasteiger charge is -2.19. The van der Waals surface area contributed by atoms with Crippen LogP contribution in [0.3, 0.4) is 0 Å². The van der Waals surface area contributed by atoms with Crippen LogP contribution in [0.1, 0.15) is 65.4 Å². The van der Waals surface area contributed by atoms with Crippen LogP contribution >= 0.6 is 0 Å². The monoisotopic (exact) mass is 400 g/mol. The largest absolute Gasteiger partial charge is 0.462 e. The average Bonchev–Trinajstić information content (AvgIpc) is 3.22. The molecular weight excluding hydrogens is 372 g/mol. The van der Waals surface area contributed by atoms with E-state index in [0.717, 1.165) is 47.1 Å². The molecule has 0 aliphatic carbocycles. The maximum Gasteiger partial charge on any atom is 0.339 e. The first-order valence-corrected chi connectivity index (χ1v) is 10.8. The first-order chi connectivity index (χ1) is 14.7. The lowest BCUT2D eigenvalue weighted by Crippen LogP contribution is -2.13. The molecule has 0 radical (unpaired) electrons. The summed E-state index contributed by atoms with van der Waals surface area (Å²) in [5.41, 5.74) is 7.21. The molecule has 154 valence electrons. The third kappa shape index (κ3) is 3.90. The van der Waals surface area contributed by atoms with Gasteiger partial charge >= 0.3 is 5.97 Å². The van der Waals surface area contributed by atoms with E-state index < -0.39 is 0 Å². The summed E-state index contributed by atoms with van der Waals surface area (Å²) < 4.78 is 11.8. The van der Waals surface area contributed by atoms with Crippen molar-refractivity contribution < 1.29 is 14.3 Å². The highest BCUT2D eigenvalue weighted by Crippen LogP contribution is 2.43. The molecule has 0 fully saturated rings. The molecule has 0 spiro atoms. The van der Waals surface area contributed by atoms with Crippen molar-refractivity contribution in [2.75, 3.05) is 6.61 Å². The molecule has 0 amide bonds. The molecule has 3 nitrogen and oxygen atoms in total. The zero-order chi connectivity index (χ0) is 20.9. The van der Waals surface area contributed by atoms with Crippen LogP contribution in [0.25, 0.3) is 11.1 Å². The van der Waals surface area contributed by atoms with Gasteiger partial charge in [-0.15, -0.1) is 0 Å². The van der Waals surface area contributed by atoms with Crippen molar-refractivity contribution in [1.82, 2.24) is 0 Å². The van der Waals surface area contributed by atoms with Crippen molar-refractivity contribution >= 4 is 5.97 Å². The number of carbonyl (C=O) groups excluding carboxylic acids is 1. The van der Waals surface area contributed by atoms with E-state index in [1.165, 1.54) is 5.56 Å². The highest BCUT2D eigenvalue weighted by Gasteiger charge is 2.32. The smallest absolute Gasteiger partial charge is 0.339 e. The molecule has 1 heterocycles. The van der Waals surface area contributed by atoms with Crippen LogP contribution in [0.4, 0.5) is 0 Å². The minimum Gasteiger partial charge on any atom is -0.462 e. The Morgan fingerprint density at radius 3 is 2.40 bits per heavy atom. The van der Waals surface area contributed by atoms with E-state index in [1.807, 2.05) is 43.3 Å². The number of carbonyl (C=O) groups is 1. The van der Waals surface area contributed by atoms with Gasteiger partial charge in [0.15, 0.2) is 0 Å². The second-order valence-corrected chi connectivity index (χ2v) is 7.64. The summed E-state index contributed by atoms with van der Waals surface area (Å²) in [5.74, 6) is -0.242. The van der Waals surface area contributed by atoms with Gasteiger partial charge in [0.05, 0.1) is 18.8 Å². The molecule has 3 aromatic rings. The summed E-state index contributed by atoms with van der Waals surface area (Å²) in [6.45, 7) is 4.91. The van der Waals surface area contributed by atoms with E-state index in [-0.39, 0.29) is 12.1 Å². The van der Waals surface area contributed by atoms with Gasteiger partial charge in [-0.05, 0) is 59.2 Å². The topological polar surface area (TPSA) is 35.5 Å². The van der Waals surface area contributed by atoms with Crippen molar-refractivity contribution in [3.05, 3.63) is 94.5 Å². The third-order valence-electron chi connectivity index (χ3n) is 5.71. The number of unbranched alkanes of at least 4 members (excludes halogenated alkanes) is 1. The summed E-state index contributed by atoms with van der Waals surface area (Å²) >= 11 is 0. The Balaban J connectivity index is 1.95. The SMILES string of the molecule is CCCCc1c2c(cc(-c3ccccc3)c1C(=O)OCC)C(c1ccccc1)OC2. The number of ether oxygens (including phenoxy) is 2. The quantitative estimate of drug-likeness (QED) is 0.425. The van der Waals surface area contributed by atoms with Crippen LogP contribution in [-0.4, -0.2) is 12.6 Å². The predicted octanol–water partition coefficient (Wildman–Crippen LogP) is 6.49. The Morgan fingerprint density at radius 2 is 1.73 bits per heavy atom. The molecule has 0 aromatic heterocycles. The highest BCUT2D eigenvalue weighted by molar-refractivity contribution is 5.99. The molecule has 30 heavy (non-hydrogen) atoms. The van der Waals surface area contributed by atoms with E-state index in [2.05, 4.69) is 37.3 Å². The number of rotatable bonds is 7. The number of benzene rings is 3. The Hall–Kier alpha value is -2.91. The molecule has 1 atom stereocenters. The summed E-state index contributed by atoms with van der Waals surface area (Å²) in [5, 5.41) is 0. The van der Waals surface area contributed by atoms with Gasteiger partial charge in [-0.3, -0.25) is 0 Å². The van der Waals surface area contributed by atoms with Crippen LogP contribution in [0.5, 0.6) is 0 Å². The molecule has 1 aliphatic rings. The number of esters is 1. The van der Waals surface area contributed by atoms with Gasteiger partial charge in [-0.2, -0.15) is 0 Å².